The summed E-state index contributed by atoms with van der Waals surface area (Å²) in [6.45, 7) is 0. The highest BCUT2D eigenvalue weighted by Gasteiger charge is 2.26. The molecule has 1 unspecified atom stereocenters. The van der Waals surface area contributed by atoms with Gasteiger partial charge in [0.15, 0.2) is 0 Å². The Morgan fingerprint density at radius 1 is 0.431 bits per heavy atom. The third-order valence-electron chi connectivity index (χ3n) is 12.5. The van der Waals surface area contributed by atoms with E-state index in [1.165, 1.54) is 107 Å². The van der Waals surface area contributed by atoms with E-state index in [-0.39, 0.29) is 0 Å². The van der Waals surface area contributed by atoms with Crippen molar-refractivity contribution in [3.05, 3.63) is 199 Å². The molecule has 4 heteroatoms. The van der Waals surface area contributed by atoms with E-state index in [9.17, 15) is 0 Å². The van der Waals surface area contributed by atoms with E-state index in [1.807, 2.05) is 22.7 Å². The summed E-state index contributed by atoms with van der Waals surface area (Å²) < 4.78 is 10.4. The van der Waals surface area contributed by atoms with Crippen LogP contribution in [0.4, 0.5) is 0 Å². The van der Waals surface area contributed by atoms with E-state index >= 15 is 0 Å². The number of rotatable bonds is 4. The van der Waals surface area contributed by atoms with Gasteiger partial charge in [-0.3, -0.25) is 0 Å². The topological polar surface area (TPSA) is 9.86 Å². The molecule has 1 aliphatic carbocycles. The average Bonchev–Trinajstić information content (AvgIpc) is 4.04. The summed E-state index contributed by atoms with van der Waals surface area (Å²) in [5.41, 5.74) is 12.7. The van der Waals surface area contributed by atoms with Crippen LogP contribution in [0.2, 0.25) is 0 Å². The lowest BCUT2D eigenvalue weighted by molar-refractivity contribution is 0.833. The lowest BCUT2D eigenvalue weighted by atomic mass is 9.86. The fourth-order valence-electron chi connectivity index (χ4n) is 9.93. The van der Waals surface area contributed by atoms with Crippen LogP contribution < -0.4 is 0 Å². The summed E-state index contributed by atoms with van der Waals surface area (Å²) in [6.07, 6.45) is 5.81. The van der Waals surface area contributed by atoms with Crippen LogP contribution in [0.5, 0.6) is 0 Å². The van der Waals surface area contributed by atoms with Crippen molar-refractivity contribution in [3.8, 4) is 22.5 Å². The van der Waals surface area contributed by atoms with Gasteiger partial charge in [-0.2, -0.15) is 0 Å². The van der Waals surface area contributed by atoms with Gasteiger partial charge in [-0.15, -0.1) is 22.7 Å². The molecule has 0 N–H and O–H groups in total. The molecule has 0 aliphatic heterocycles. The Labute approximate surface area is 342 Å². The number of aromatic nitrogens is 2. The van der Waals surface area contributed by atoms with Gasteiger partial charge in [-0.1, -0.05) is 127 Å². The molecular weight excluding hydrogens is 741 g/mol. The number of thiophene rings is 2. The third kappa shape index (κ3) is 4.64. The highest BCUT2D eigenvalue weighted by molar-refractivity contribution is 7.26. The van der Waals surface area contributed by atoms with Gasteiger partial charge in [0.2, 0.25) is 0 Å². The molecule has 58 heavy (non-hydrogen) atoms. The Kier molecular flexibility index (Phi) is 6.91. The molecule has 2 nitrogen and oxygen atoms in total. The highest BCUT2D eigenvalue weighted by Crippen LogP contribution is 2.45. The molecule has 0 fully saturated rings. The SMILES string of the molecule is C1=CC(c2cccc3c2sc2ccccc23)Cc2c1n(-c1cccc(-n3c4ccccc4c4cc(-c5cccc6c5sc5ccccc56)ccc43)c1)c1ccccc21. The van der Waals surface area contributed by atoms with Crippen molar-refractivity contribution in [3.63, 3.8) is 0 Å². The number of para-hydroxylation sites is 2. The molecule has 0 radical (unpaired) electrons. The van der Waals surface area contributed by atoms with Crippen LogP contribution in [-0.2, 0) is 6.42 Å². The second kappa shape index (κ2) is 12.4. The predicted molar refractivity (Wildman–Crippen MR) is 251 cm³/mol. The Bertz CT molecular complexity index is 3680. The van der Waals surface area contributed by atoms with Gasteiger partial charge in [0.1, 0.15) is 0 Å². The second-order valence-corrected chi connectivity index (χ2v) is 17.7. The smallest absolute Gasteiger partial charge is 0.0541 e. The Hall–Kier alpha value is -6.72. The molecule has 0 spiro atoms. The lowest BCUT2D eigenvalue weighted by Crippen LogP contribution is -2.07. The molecule has 0 amide bonds. The van der Waals surface area contributed by atoms with Crippen molar-refractivity contribution in [2.45, 2.75) is 12.3 Å². The largest absolute Gasteiger partial charge is 0.310 e. The van der Waals surface area contributed by atoms with Gasteiger partial charge >= 0.3 is 0 Å². The van der Waals surface area contributed by atoms with Crippen LogP contribution in [0.1, 0.15) is 22.7 Å². The first-order valence-corrected chi connectivity index (χ1v) is 21.7. The minimum atomic E-state index is 0.309. The summed E-state index contributed by atoms with van der Waals surface area (Å²) in [7, 11) is 0. The summed E-state index contributed by atoms with van der Waals surface area (Å²) >= 11 is 3.82. The van der Waals surface area contributed by atoms with Crippen LogP contribution in [-0.4, -0.2) is 9.13 Å². The van der Waals surface area contributed by atoms with Gasteiger partial charge < -0.3 is 9.13 Å². The molecule has 4 aromatic heterocycles. The summed E-state index contributed by atoms with van der Waals surface area (Å²) in [6, 6.07) is 65.3. The maximum Gasteiger partial charge on any atom is 0.0541 e. The van der Waals surface area contributed by atoms with Gasteiger partial charge in [-0.05, 0) is 89.3 Å². The van der Waals surface area contributed by atoms with Gasteiger partial charge in [-0.25, -0.2) is 0 Å². The monoisotopic (exact) mass is 774 g/mol. The normalized spacial score (nSPS) is 14.2. The molecule has 0 saturated heterocycles. The van der Waals surface area contributed by atoms with E-state index in [0.717, 1.165) is 12.1 Å². The molecule has 1 aliphatic rings. The van der Waals surface area contributed by atoms with Crippen LogP contribution in [0.25, 0.3) is 102 Å². The maximum absolute atomic E-state index is 2.48. The number of nitrogens with zero attached hydrogens (tertiary/aromatic N) is 2. The Morgan fingerprint density at radius 3 is 1.81 bits per heavy atom. The van der Waals surface area contributed by atoms with Crippen molar-refractivity contribution in [1.82, 2.24) is 9.13 Å². The zero-order chi connectivity index (χ0) is 37.9. The van der Waals surface area contributed by atoms with Crippen LogP contribution in [0.3, 0.4) is 0 Å². The number of benzene rings is 8. The zero-order valence-electron chi connectivity index (χ0n) is 31.4. The number of hydrogen-bond acceptors (Lipinski definition) is 2. The molecule has 0 bridgehead atoms. The number of hydrogen-bond donors (Lipinski definition) is 0. The molecule has 4 heterocycles. The first kappa shape index (κ1) is 32.4. The molecule has 0 saturated carbocycles. The first-order valence-electron chi connectivity index (χ1n) is 20.0. The Balaban J connectivity index is 0.945. The fourth-order valence-corrected chi connectivity index (χ4v) is 12.4. The molecular formula is C54H34N2S2. The van der Waals surface area contributed by atoms with Gasteiger partial charge in [0, 0.05) is 79.5 Å². The van der Waals surface area contributed by atoms with E-state index < -0.39 is 0 Å². The van der Waals surface area contributed by atoms with Gasteiger partial charge in [0.25, 0.3) is 0 Å². The Morgan fingerprint density at radius 2 is 1.02 bits per heavy atom. The maximum atomic E-state index is 2.48. The van der Waals surface area contributed by atoms with Crippen LogP contribution >= 0.6 is 22.7 Å². The lowest BCUT2D eigenvalue weighted by Gasteiger charge is -2.20. The van der Waals surface area contributed by atoms with Crippen LogP contribution in [0.15, 0.2) is 182 Å². The zero-order valence-corrected chi connectivity index (χ0v) is 33.0. The van der Waals surface area contributed by atoms with Crippen molar-refractivity contribution in [2.75, 3.05) is 0 Å². The quantitative estimate of drug-likeness (QED) is 0.169. The minimum absolute atomic E-state index is 0.309. The van der Waals surface area contributed by atoms with Crippen molar-refractivity contribution in [2.24, 2.45) is 0 Å². The van der Waals surface area contributed by atoms with Crippen LogP contribution in [0, 0.1) is 0 Å². The summed E-state index contributed by atoms with van der Waals surface area (Å²) in [4.78, 5) is 0. The molecule has 13 rings (SSSR count). The summed E-state index contributed by atoms with van der Waals surface area (Å²) in [5.74, 6) is 0.309. The molecule has 272 valence electrons. The van der Waals surface area contributed by atoms with E-state index in [1.54, 1.807) is 0 Å². The average molecular weight is 775 g/mol. The van der Waals surface area contributed by atoms with E-state index in [2.05, 4.69) is 197 Å². The fraction of sp³-hybridized carbons (Fsp3) is 0.0370. The van der Waals surface area contributed by atoms with Gasteiger partial charge in [0.05, 0.1) is 16.6 Å². The van der Waals surface area contributed by atoms with Crippen molar-refractivity contribution < 1.29 is 0 Å². The highest BCUT2D eigenvalue weighted by atomic mass is 32.1. The standard InChI is InChI=1S/C54H34N2S2/c1-5-22-47-39(14-1)45-30-33(37-18-10-20-43-41-16-3-7-24-51(41)57-53(37)43)26-28-49(45)55(47)35-12-9-13-36(32-35)56-48-23-6-2-15-40(48)46-31-34(27-29-50(46)56)38-19-11-21-44-42-17-4-8-25-52(42)58-54(38)44/h1-30,32,34H,31H2. The third-order valence-corrected chi connectivity index (χ3v) is 15.0. The second-order valence-electron chi connectivity index (χ2n) is 15.6. The molecule has 8 aromatic carbocycles. The number of fused-ring (bicyclic) bond motifs is 12. The number of allylic oxidation sites excluding steroid dienone is 1. The van der Waals surface area contributed by atoms with Crippen molar-refractivity contribution in [1.29, 1.82) is 0 Å². The predicted octanol–water partition coefficient (Wildman–Crippen LogP) is 15.5. The van der Waals surface area contributed by atoms with E-state index in [0.29, 0.717) is 5.92 Å². The first-order chi connectivity index (χ1) is 28.8. The molecule has 12 aromatic rings. The van der Waals surface area contributed by atoms with E-state index in [4.69, 9.17) is 0 Å². The minimum Gasteiger partial charge on any atom is -0.310 e. The molecule has 1 atom stereocenters. The van der Waals surface area contributed by atoms with Crippen molar-refractivity contribution >= 4 is 102 Å². The summed E-state index contributed by atoms with van der Waals surface area (Å²) in [5, 5.41) is 9.25.